The van der Waals surface area contributed by atoms with Crippen molar-refractivity contribution in [2.24, 2.45) is 0 Å². The molecule has 49 heavy (non-hydrogen) atoms. The first-order valence-electron chi connectivity index (χ1n) is 15.7. The molecule has 14 nitrogen and oxygen atoms in total. The number of amides is 1. The molecular weight excluding hydrogens is 632 g/mol. The van der Waals surface area contributed by atoms with Gasteiger partial charge in [0, 0.05) is 51.2 Å². The number of carboxylic acid groups (broad SMARTS) is 2. The van der Waals surface area contributed by atoms with E-state index in [4.69, 9.17) is 19.4 Å². The molecule has 5 N–H and O–H groups in total. The fourth-order valence-electron chi connectivity index (χ4n) is 5.00. The van der Waals surface area contributed by atoms with Gasteiger partial charge in [0.15, 0.2) is 0 Å². The zero-order valence-electron chi connectivity index (χ0n) is 27.1. The summed E-state index contributed by atoms with van der Waals surface area (Å²) in [7, 11) is 0. The van der Waals surface area contributed by atoms with E-state index in [2.05, 4.69) is 25.9 Å². The van der Waals surface area contributed by atoms with Crippen LogP contribution in [0, 0.1) is 0 Å². The number of anilines is 2. The SMILES string of the molecule is CC(=O)O.O=C(N[C@@H](Cn1cc(C2CCOCC2)c(NCc2ccc(CNc3ccccn3)cc2)nc1=O)C(=O)O)OCc1ccccc1. The highest BCUT2D eigenvalue weighted by Gasteiger charge is 2.25. The number of rotatable bonds is 13. The molecule has 1 aliphatic rings. The zero-order valence-corrected chi connectivity index (χ0v) is 27.1. The molecule has 0 aliphatic carbocycles. The van der Waals surface area contributed by atoms with Crippen molar-refractivity contribution in [2.75, 3.05) is 23.8 Å². The highest BCUT2D eigenvalue weighted by atomic mass is 16.5. The summed E-state index contributed by atoms with van der Waals surface area (Å²) in [4.78, 5) is 55.1. The molecule has 0 saturated carbocycles. The number of ether oxygens (including phenoxy) is 2. The van der Waals surface area contributed by atoms with Gasteiger partial charge in [0.25, 0.3) is 5.97 Å². The molecule has 1 saturated heterocycles. The van der Waals surface area contributed by atoms with Crippen LogP contribution < -0.4 is 21.6 Å². The van der Waals surface area contributed by atoms with E-state index in [1.165, 1.54) is 4.57 Å². The van der Waals surface area contributed by atoms with Gasteiger partial charge in [-0.3, -0.25) is 9.36 Å². The number of alkyl carbamates (subject to hydrolysis) is 1. The summed E-state index contributed by atoms with van der Waals surface area (Å²) >= 11 is 0. The smallest absolute Gasteiger partial charge is 0.408 e. The Kier molecular flexibility index (Phi) is 13.7. The van der Waals surface area contributed by atoms with Crippen molar-refractivity contribution in [1.29, 1.82) is 0 Å². The fraction of sp³-hybridized carbons (Fsp3) is 0.314. The Bertz CT molecular complexity index is 1710. The minimum absolute atomic E-state index is 0.0143. The molecule has 1 aliphatic heterocycles. The monoisotopic (exact) mass is 672 g/mol. The van der Waals surface area contributed by atoms with E-state index in [0.717, 1.165) is 47.8 Å². The molecule has 0 unspecified atom stereocenters. The van der Waals surface area contributed by atoms with Crippen LogP contribution in [0.4, 0.5) is 16.4 Å². The summed E-state index contributed by atoms with van der Waals surface area (Å²) in [5.74, 6) is -0.816. The van der Waals surface area contributed by atoms with Crippen molar-refractivity contribution in [3.8, 4) is 0 Å². The lowest BCUT2D eigenvalue weighted by Gasteiger charge is -2.25. The van der Waals surface area contributed by atoms with Gasteiger partial charge in [-0.15, -0.1) is 0 Å². The average Bonchev–Trinajstić information content (AvgIpc) is 3.11. The largest absolute Gasteiger partial charge is 0.481 e. The molecule has 3 heterocycles. The number of carboxylic acids is 2. The van der Waals surface area contributed by atoms with E-state index in [1.807, 2.05) is 60.7 Å². The summed E-state index contributed by atoms with van der Waals surface area (Å²) in [6.45, 7) is 2.97. The number of hydrogen-bond acceptors (Lipinski definition) is 10. The second-order valence-corrected chi connectivity index (χ2v) is 11.2. The van der Waals surface area contributed by atoms with Gasteiger partial charge >= 0.3 is 17.8 Å². The predicted molar refractivity (Wildman–Crippen MR) is 181 cm³/mol. The number of nitrogens with one attached hydrogen (secondary N) is 3. The van der Waals surface area contributed by atoms with Gasteiger partial charge in [0.2, 0.25) is 0 Å². The van der Waals surface area contributed by atoms with Crippen molar-refractivity contribution >= 4 is 29.7 Å². The molecule has 14 heteroatoms. The Morgan fingerprint density at radius 1 is 0.918 bits per heavy atom. The lowest BCUT2D eigenvalue weighted by Crippen LogP contribution is -2.45. The second kappa shape index (κ2) is 18.5. The maximum atomic E-state index is 13.1. The molecule has 0 bridgehead atoms. The van der Waals surface area contributed by atoms with Crippen LogP contribution in [-0.2, 0) is 45.3 Å². The van der Waals surface area contributed by atoms with Gasteiger partial charge in [0.05, 0.1) is 6.54 Å². The van der Waals surface area contributed by atoms with Crippen molar-refractivity contribution in [2.45, 2.75) is 58.0 Å². The summed E-state index contributed by atoms with van der Waals surface area (Å²) in [6.07, 6.45) is 3.96. The molecule has 2 aromatic carbocycles. The first kappa shape index (κ1) is 36.1. The molecule has 4 aromatic rings. The van der Waals surface area contributed by atoms with E-state index >= 15 is 0 Å². The highest BCUT2D eigenvalue weighted by Crippen LogP contribution is 2.30. The lowest BCUT2D eigenvalue weighted by atomic mass is 9.93. The van der Waals surface area contributed by atoms with Crippen molar-refractivity contribution in [3.63, 3.8) is 0 Å². The standard InChI is InChI=1S/C33H36N6O6.C2H4O2/c40-31(41)28(37-33(43)45-22-25-6-2-1-3-7-25)21-39-20-27(26-13-16-44-17-14-26)30(38-32(39)42)36-19-24-11-9-23(10-12-24)18-35-29-8-4-5-15-34-29;1-2(3)4/h1-12,15,20,26,28H,13-14,16-19,21-22H2,(H,34,35)(H,37,43)(H,40,41)(H,36,38,42);1H3,(H,3,4)/t28-;/m0./s1. The average molecular weight is 673 g/mol. The minimum atomic E-state index is -1.40. The number of carbonyl (C=O) groups is 3. The van der Waals surface area contributed by atoms with Crippen LogP contribution >= 0.6 is 0 Å². The summed E-state index contributed by atoms with van der Waals surface area (Å²) in [6, 6.07) is 21.4. The molecule has 0 radical (unpaired) electrons. The molecule has 258 valence electrons. The molecule has 2 aromatic heterocycles. The van der Waals surface area contributed by atoms with Crippen molar-refractivity contribution in [1.82, 2.24) is 19.9 Å². The van der Waals surface area contributed by atoms with Crippen LogP contribution in [0.25, 0.3) is 0 Å². The molecular formula is C35H40N6O8. The highest BCUT2D eigenvalue weighted by molar-refractivity contribution is 5.79. The van der Waals surface area contributed by atoms with Crippen LogP contribution in [0.3, 0.4) is 0 Å². The zero-order chi connectivity index (χ0) is 35.0. The number of hydrogen-bond donors (Lipinski definition) is 5. The predicted octanol–water partition coefficient (Wildman–Crippen LogP) is 4.23. The molecule has 0 spiro atoms. The summed E-state index contributed by atoms with van der Waals surface area (Å²) < 4.78 is 12.0. The van der Waals surface area contributed by atoms with Crippen LogP contribution in [-0.4, -0.2) is 62.0 Å². The first-order chi connectivity index (χ1) is 23.7. The Morgan fingerprint density at radius 3 is 2.16 bits per heavy atom. The number of nitrogens with zero attached hydrogens (tertiary/aromatic N) is 3. The minimum Gasteiger partial charge on any atom is -0.481 e. The quantitative estimate of drug-likeness (QED) is 0.136. The Hall–Kier alpha value is -5.76. The van der Waals surface area contributed by atoms with Gasteiger partial charge in [0.1, 0.15) is 24.3 Å². The third-order valence-electron chi connectivity index (χ3n) is 7.49. The number of aromatic nitrogens is 3. The number of benzene rings is 2. The summed E-state index contributed by atoms with van der Waals surface area (Å²) in [5.41, 5.74) is 3.03. The van der Waals surface area contributed by atoms with Crippen LogP contribution in [0.2, 0.25) is 0 Å². The number of pyridine rings is 1. The van der Waals surface area contributed by atoms with Crippen LogP contribution in [0.1, 0.15) is 47.9 Å². The van der Waals surface area contributed by atoms with Crippen molar-refractivity contribution in [3.05, 3.63) is 118 Å². The van der Waals surface area contributed by atoms with Gasteiger partial charge < -0.3 is 35.6 Å². The molecule has 1 amide bonds. The van der Waals surface area contributed by atoms with Crippen molar-refractivity contribution < 1.29 is 34.1 Å². The Balaban J connectivity index is 0.00000128. The maximum absolute atomic E-state index is 13.1. The van der Waals surface area contributed by atoms with Gasteiger partial charge in [-0.05, 0) is 47.6 Å². The summed E-state index contributed by atoms with van der Waals surface area (Å²) in [5, 5.41) is 26.2. The topological polar surface area (TPSA) is 194 Å². The molecule has 1 atom stereocenters. The van der Waals surface area contributed by atoms with Gasteiger partial charge in [-0.2, -0.15) is 4.98 Å². The Morgan fingerprint density at radius 2 is 1.55 bits per heavy atom. The second-order valence-electron chi connectivity index (χ2n) is 11.2. The van der Waals surface area contributed by atoms with E-state index in [0.29, 0.717) is 32.1 Å². The molecule has 1 fully saturated rings. The van der Waals surface area contributed by atoms with E-state index in [1.54, 1.807) is 24.5 Å². The van der Waals surface area contributed by atoms with Gasteiger partial charge in [-0.25, -0.2) is 19.4 Å². The number of aliphatic carboxylic acids is 2. The Labute approximate surface area is 283 Å². The molecule has 5 rings (SSSR count). The third kappa shape index (κ3) is 12.1. The lowest BCUT2D eigenvalue weighted by molar-refractivity contribution is -0.139. The maximum Gasteiger partial charge on any atom is 0.408 e. The first-order valence-corrected chi connectivity index (χ1v) is 15.7. The van der Waals surface area contributed by atoms with Crippen LogP contribution in [0.15, 0.2) is 90.0 Å². The normalized spacial score (nSPS) is 13.2. The van der Waals surface area contributed by atoms with E-state index in [9.17, 15) is 19.5 Å². The third-order valence-corrected chi connectivity index (χ3v) is 7.49. The fourth-order valence-corrected chi connectivity index (χ4v) is 5.00. The van der Waals surface area contributed by atoms with Gasteiger partial charge in [-0.1, -0.05) is 60.7 Å². The number of carbonyl (C=O) groups excluding carboxylic acids is 1. The van der Waals surface area contributed by atoms with E-state index in [-0.39, 0.29) is 19.1 Å². The van der Waals surface area contributed by atoms with Crippen LogP contribution in [0.5, 0.6) is 0 Å². The van der Waals surface area contributed by atoms with E-state index < -0.39 is 29.8 Å².